The Hall–Kier alpha value is -1.29. The van der Waals surface area contributed by atoms with Crippen LogP contribution < -0.4 is 5.32 Å². The van der Waals surface area contributed by atoms with Gasteiger partial charge in [-0.05, 0) is 24.3 Å². The first-order valence-corrected chi connectivity index (χ1v) is 6.81. The Bertz CT molecular complexity index is 646. The molecule has 0 aliphatic heterocycles. The zero-order valence-electron chi connectivity index (χ0n) is 10.0. The van der Waals surface area contributed by atoms with Gasteiger partial charge in [0.25, 0.3) is 11.5 Å². The molecule has 104 valence electrons. The van der Waals surface area contributed by atoms with E-state index in [1.807, 2.05) is 0 Å². The highest BCUT2D eigenvalue weighted by Crippen LogP contribution is 2.35. The van der Waals surface area contributed by atoms with Gasteiger partial charge in [-0.25, -0.2) is 4.39 Å². The lowest BCUT2D eigenvalue weighted by Crippen LogP contribution is -2.19. The quantitative estimate of drug-likeness (QED) is 0.775. The Morgan fingerprint density at radius 1 is 1.10 bits per heavy atom. The van der Waals surface area contributed by atoms with Crippen LogP contribution in [0.3, 0.4) is 0 Å². The monoisotopic (exact) mass is 331 g/mol. The number of alkyl halides is 2. The molecule has 0 spiro atoms. The predicted octanol–water partition coefficient (Wildman–Crippen LogP) is 5.13. The molecule has 2 nitrogen and oxygen atoms in total. The summed E-state index contributed by atoms with van der Waals surface area (Å²) in [6.45, 7) is 0. The van der Waals surface area contributed by atoms with Gasteiger partial charge in [0.1, 0.15) is 0 Å². The minimum Gasteiger partial charge on any atom is -0.322 e. The number of carbonyl (C=O) groups excluding carboxylic acids is 1. The molecule has 0 aliphatic rings. The van der Waals surface area contributed by atoms with Crippen molar-refractivity contribution in [2.75, 3.05) is 5.32 Å². The van der Waals surface area contributed by atoms with Gasteiger partial charge >= 0.3 is 0 Å². The number of nitrogens with one attached hydrogen (secondary N) is 1. The minimum absolute atomic E-state index is 0.385. The number of amides is 1. The molecule has 0 bridgehead atoms. The number of rotatable bonds is 3. The van der Waals surface area contributed by atoms with E-state index >= 15 is 0 Å². The Morgan fingerprint density at radius 2 is 1.80 bits per heavy atom. The summed E-state index contributed by atoms with van der Waals surface area (Å²) < 4.78 is 12.8. The van der Waals surface area contributed by atoms with Crippen LogP contribution >= 0.6 is 34.8 Å². The Labute approximate surface area is 130 Å². The highest BCUT2D eigenvalue weighted by Gasteiger charge is 2.16. The van der Waals surface area contributed by atoms with Gasteiger partial charge in [-0.3, -0.25) is 4.79 Å². The largest absolute Gasteiger partial charge is 0.322 e. The summed E-state index contributed by atoms with van der Waals surface area (Å²) in [5.74, 6) is -0.942. The van der Waals surface area contributed by atoms with Gasteiger partial charge in [-0.2, -0.15) is 0 Å². The first-order chi connectivity index (χ1) is 9.49. The molecule has 0 saturated carbocycles. The third-order valence-corrected chi connectivity index (χ3v) is 3.36. The summed E-state index contributed by atoms with van der Waals surface area (Å²) in [5, 5.41) is 3.37. The van der Waals surface area contributed by atoms with E-state index in [2.05, 4.69) is 5.32 Å². The summed E-state index contributed by atoms with van der Waals surface area (Å²) >= 11 is 17.2. The van der Waals surface area contributed by atoms with Crippen molar-refractivity contribution in [2.45, 2.75) is 5.63 Å². The van der Waals surface area contributed by atoms with Crippen LogP contribution in [0.15, 0.2) is 42.5 Å². The third-order valence-electron chi connectivity index (χ3n) is 2.60. The van der Waals surface area contributed by atoms with E-state index in [1.54, 1.807) is 42.5 Å². The normalized spacial score (nSPS) is 12.0. The van der Waals surface area contributed by atoms with Crippen molar-refractivity contribution in [1.29, 1.82) is 0 Å². The van der Waals surface area contributed by atoms with Gasteiger partial charge in [-0.15, -0.1) is 0 Å². The van der Waals surface area contributed by atoms with Crippen molar-refractivity contribution in [3.8, 4) is 11.1 Å². The van der Waals surface area contributed by atoms with Crippen molar-refractivity contribution in [2.24, 2.45) is 0 Å². The van der Waals surface area contributed by atoms with E-state index in [0.29, 0.717) is 26.9 Å². The van der Waals surface area contributed by atoms with Crippen LogP contribution in [-0.2, 0) is 4.79 Å². The summed E-state index contributed by atoms with van der Waals surface area (Å²) in [6.07, 6.45) is 0. The van der Waals surface area contributed by atoms with E-state index in [1.165, 1.54) is 0 Å². The maximum absolute atomic E-state index is 12.8. The lowest BCUT2D eigenvalue weighted by atomic mass is 10.0. The number of halogens is 4. The molecule has 0 aliphatic carbocycles. The maximum Gasteiger partial charge on any atom is 0.274 e. The summed E-state index contributed by atoms with van der Waals surface area (Å²) in [4.78, 5) is 11.4. The number of hydrogen-bond acceptors (Lipinski definition) is 1. The first-order valence-electron chi connectivity index (χ1n) is 5.62. The molecule has 6 heteroatoms. The number of hydrogen-bond donors (Lipinski definition) is 1. The van der Waals surface area contributed by atoms with Crippen molar-refractivity contribution < 1.29 is 9.18 Å². The van der Waals surface area contributed by atoms with Gasteiger partial charge < -0.3 is 5.32 Å². The Balaban J connectivity index is 2.49. The van der Waals surface area contributed by atoms with Crippen LogP contribution in [0.25, 0.3) is 11.1 Å². The number of benzene rings is 2. The van der Waals surface area contributed by atoms with Crippen molar-refractivity contribution in [3.63, 3.8) is 0 Å². The van der Waals surface area contributed by atoms with Crippen LogP contribution in [0.4, 0.5) is 10.1 Å². The van der Waals surface area contributed by atoms with Crippen LogP contribution in [0.5, 0.6) is 0 Å². The molecule has 2 rings (SSSR count). The topological polar surface area (TPSA) is 29.1 Å². The van der Waals surface area contributed by atoms with Crippen LogP contribution in [0, 0.1) is 0 Å². The molecule has 2 aromatic rings. The fourth-order valence-corrected chi connectivity index (χ4v) is 2.18. The molecule has 20 heavy (non-hydrogen) atoms. The Morgan fingerprint density at radius 3 is 2.45 bits per heavy atom. The van der Waals surface area contributed by atoms with Gasteiger partial charge in [-0.1, -0.05) is 53.0 Å². The van der Waals surface area contributed by atoms with Gasteiger partial charge in [0, 0.05) is 26.9 Å². The Kier molecular flexibility index (Phi) is 4.86. The van der Waals surface area contributed by atoms with Crippen molar-refractivity contribution >= 4 is 46.4 Å². The van der Waals surface area contributed by atoms with Crippen LogP contribution in [-0.4, -0.2) is 11.5 Å². The molecule has 1 unspecified atom stereocenters. The second-order valence-electron chi connectivity index (χ2n) is 3.96. The number of anilines is 1. The summed E-state index contributed by atoms with van der Waals surface area (Å²) in [7, 11) is 0. The molecular formula is C14H9Cl3FNO. The van der Waals surface area contributed by atoms with Gasteiger partial charge in [0.05, 0.1) is 0 Å². The zero-order valence-corrected chi connectivity index (χ0v) is 12.3. The molecule has 1 amide bonds. The van der Waals surface area contributed by atoms with Crippen molar-refractivity contribution in [1.82, 2.24) is 0 Å². The molecule has 0 fully saturated rings. The molecular weight excluding hydrogens is 324 g/mol. The van der Waals surface area contributed by atoms with Crippen molar-refractivity contribution in [3.05, 3.63) is 52.5 Å². The highest BCUT2D eigenvalue weighted by atomic mass is 35.5. The second kappa shape index (κ2) is 6.44. The standard InChI is InChI=1S/C14H9Cl3FNO/c15-8-5-6-12(19-14(20)13(17)18)10(7-8)9-3-1-2-4-11(9)16/h1-7,13H,(H,19,20). The van der Waals surface area contributed by atoms with E-state index in [-0.39, 0.29) is 0 Å². The molecule has 0 radical (unpaired) electrons. The fraction of sp³-hybridized carbons (Fsp3) is 0.0714. The second-order valence-corrected chi connectivity index (χ2v) is 5.19. The average molecular weight is 333 g/mol. The smallest absolute Gasteiger partial charge is 0.274 e. The molecule has 0 saturated heterocycles. The lowest BCUT2D eigenvalue weighted by molar-refractivity contribution is -0.118. The highest BCUT2D eigenvalue weighted by molar-refractivity contribution is 6.34. The van der Waals surface area contributed by atoms with E-state index < -0.39 is 11.5 Å². The maximum atomic E-state index is 12.8. The van der Waals surface area contributed by atoms with E-state index in [4.69, 9.17) is 34.8 Å². The fourth-order valence-electron chi connectivity index (χ4n) is 1.72. The third kappa shape index (κ3) is 3.42. The molecule has 0 heterocycles. The predicted molar refractivity (Wildman–Crippen MR) is 81.3 cm³/mol. The molecule has 1 atom stereocenters. The average Bonchev–Trinajstić information content (AvgIpc) is 2.41. The van der Waals surface area contributed by atoms with E-state index in [9.17, 15) is 9.18 Å². The summed E-state index contributed by atoms with van der Waals surface area (Å²) in [6, 6.07) is 11.9. The summed E-state index contributed by atoms with van der Waals surface area (Å²) in [5.41, 5.74) is -0.466. The SMILES string of the molecule is O=C(Nc1ccc(Cl)cc1-c1ccccc1Cl)C(F)Cl. The van der Waals surface area contributed by atoms with Gasteiger partial charge in [0.2, 0.25) is 0 Å². The molecule has 2 aromatic carbocycles. The molecule has 0 aromatic heterocycles. The van der Waals surface area contributed by atoms with Gasteiger partial charge in [0.15, 0.2) is 0 Å². The van der Waals surface area contributed by atoms with Crippen LogP contribution in [0.1, 0.15) is 0 Å². The zero-order chi connectivity index (χ0) is 14.7. The lowest BCUT2D eigenvalue weighted by Gasteiger charge is -2.13. The molecule has 1 N–H and O–H groups in total. The van der Waals surface area contributed by atoms with Crippen LogP contribution in [0.2, 0.25) is 10.0 Å². The van der Waals surface area contributed by atoms with E-state index in [0.717, 1.165) is 0 Å². The number of carbonyl (C=O) groups is 1. The first kappa shape index (κ1) is 15.1. The minimum atomic E-state index is -2.12.